The van der Waals surface area contributed by atoms with Crippen LogP contribution in [-0.2, 0) is 45.9 Å². The SMILES string of the molecule is CC(=O)CCNC(=O)CC(C)(C)COP(=O)(O)OP(=O)(O)OCC1OC(n2cnc3c(N)ncnc32)C(O)C1OP(=O)(O)O. The number of carbonyl (C=O) groups is 2. The number of nitrogens with zero attached hydrogens (tertiary/aromatic N) is 4. The first kappa shape index (κ1) is 36.3. The lowest BCUT2D eigenvalue weighted by atomic mass is 9.90. The standard InChI is InChI=1S/C20H33N6O15P3/c1-11(27)4-5-22-13(28)6-20(2,3)8-38-44(35,36)41-43(33,34)37-7-12-16(40-42(30,31)32)15(29)19(39-12)26-10-25-14-17(21)23-9-24-18(14)26/h9-10,12,15-16,19,29H,4-8H2,1-3H3,(H,22,28)(H,33,34)(H,35,36)(H2,21,23,24)(H2,30,31,32). The van der Waals surface area contributed by atoms with E-state index in [1.807, 2.05) is 0 Å². The van der Waals surface area contributed by atoms with E-state index in [0.29, 0.717) is 0 Å². The van der Waals surface area contributed by atoms with Gasteiger partial charge in [-0.25, -0.2) is 28.6 Å². The van der Waals surface area contributed by atoms with Crippen molar-refractivity contribution in [3.05, 3.63) is 12.7 Å². The number of imidazole rings is 1. The number of ketones is 1. The molecule has 1 amide bonds. The largest absolute Gasteiger partial charge is 0.481 e. The molecule has 1 aliphatic rings. The number of hydrogen-bond acceptors (Lipinski definition) is 15. The van der Waals surface area contributed by atoms with E-state index < -0.39 is 72.5 Å². The zero-order chi connectivity index (χ0) is 33.1. The van der Waals surface area contributed by atoms with Gasteiger partial charge in [0.1, 0.15) is 35.9 Å². The minimum absolute atomic E-state index is 0.0190. The number of ether oxygens (including phenoxy) is 1. The fourth-order valence-electron chi connectivity index (χ4n) is 3.96. The van der Waals surface area contributed by atoms with Crippen molar-refractivity contribution >= 4 is 52.1 Å². The van der Waals surface area contributed by atoms with E-state index in [1.54, 1.807) is 0 Å². The third kappa shape index (κ3) is 10.4. The molecule has 1 aliphatic heterocycles. The van der Waals surface area contributed by atoms with Crippen molar-refractivity contribution in [3.63, 3.8) is 0 Å². The number of nitrogens with one attached hydrogen (secondary N) is 1. The van der Waals surface area contributed by atoms with Gasteiger partial charge in [0.15, 0.2) is 17.7 Å². The molecule has 1 saturated heterocycles. The lowest BCUT2D eigenvalue weighted by Gasteiger charge is -2.25. The molecule has 8 N–H and O–H groups in total. The highest BCUT2D eigenvalue weighted by Crippen LogP contribution is 2.61. The van der Waals surface area contributed by atoms with Crippen LogP contribution >= 0.6 is 23.5 Å². The smallest absolute Gasteiger partial charge is 0.386 e. The molecule has 0 bridgehead atoms. The maximum absolute atomic E-state index is 12.5. The summed E-state index contributed by atoms with van der Waals surface area (Å²) in [6, 6.07) is 0. The molecule has 3 heterocycles. The van der Waals surface area contributed by atoms with Gasteiger partial charge in [0.25, 0.3) is 0 Å². The van der Waals surface area contributed by atoms with Crippen LogP contribution in [-0.4, -0.2) is 94.0 Å². The van der Waals surface area contributed by atoms with E-state index in [-0.39, 0.29) is 42.2 Å². The van der Waals surface area contributed by atoms with E-state index in [4.69, 9.17) is 19.5 Å². The predicted molar refractivity (Wildman–Crippen MR) is 146 cm³/mol. The van der Waals surface area contributed by atoms with Gasteiger partial charge in [0, 0.05) is 19.4 Å². The molecule has 6 atom stereocenters. The average Bonchev–Trinajstić information content (AvgIpc) is 3.42. The molecule has 24 heteroatoms. The summed E-state index contributed by atoms with van der Waals surface area (Å²) in [7, 11) is -16.0. The van der Waals surface area contributed by atoms with Crippen molar-refractivity contribution in [2.24, 2.45) is 5.41 Å². The fraction of sp³-hybridized carbons (Fsp3) is 0.650. The number of nitrogens with two attached hydrogens (primary N) is 1. The Bertz CT molecular complexity index is 1500. The molecule has 3 rings (SSSR count). The van der Waals surface area contributed by atoms with Crippen LogP contribution < -0.4 is 11.1 Å². The van der Waals surface area contributed by atoms with Gasteiger partial charge in [-0.3, -0.25) is 27.7 Å². The maximum atomic E-state index is 12.5. The highest BCUT2D eigenvalue weighted by atomic mass is 31.3. The molecule has 248 valence electrons. The number of aliphatic hydroxyl groups excluding tert-OH is 1. The van der Waals surface area contributed by atoms with Gasteiger partial charge in [-0.15, -0.1) is 0 Å². The number of amides is 1. The number of phosphoric acid groups is 3. The number of carbonyl (C=O) groups excluding carboxylic acids is 2. The molecule has 2 aromatic heterocycles. The lowest BCUT2D eigenvalue weighted by molar-refractivity contribution is -0.123. The Morgan fingerprint density at radius 3 is 2.41 bits per heavy atom. The maximum Gasteiger partial charge on any atom is 0.481 e. The summed E-state index contributed by atoms with van der Waals surface area (Å²) in [6.07, 6.45) is -4.70. The third-order valence-electron chi connectivity index (χ3n) is 5.89. The molecule has 0 radical (unpaired) electrons. The Labute approximate surface area is 249 Å². The second kappa shape index (κ2) is 14.0. The van der Waals surface area contributed by atoms with Crippen LogP contribution in [0.2, 0.25) is 0 Å². The van der Waals surface area contributed by atoms with Gasteiger partial charge in [-0.1, -0.05) is 13.8 Å². The number of nitrogen functional groups attached to an aromatic ring is 1. The first-order valence-electron chi connectivity index (χ1n) is 12.6. The number of rotatable bonds is 16. The fourth-order valence-corrected chi connectivity index (χ4v) is 6.80. The summed E-state index contributed by atoms with van der Waals surface area (Å²) < 4.78 is 61.6. The molecular formula is C20H33N6O15P3. The Hall–Kier alpha value is -2.22. The Kier molecular flexibility index (Phi) is 11.6. The Morgan fingerprint density at radius 1 is 1.11 bits per heavy atom. The second-order valence-corrected chi connectivity index (χ2v) is 14.7. The van der Waals surface area contributed by atoms with Crippen LogP contribution in [0.1, 0.15) is 39.8 Å². The molecule has 1 fully saturated rings. The third-order valence-corrected chi connectivity index (χ3v) is 8.99. The van der Waals surface area contributed by atoms with Crippen molar-refractivity contribution in [2.45, 2.75) is 58.2 Å². The molecule has 0 aromatic carbocycles. The number of Topliss-reactive ketones (excluding diaryl/α,β-unsaturated/α-hetero) is 1. The van der Waals surface area contributed by atoms with Crippen LogP contribution in [0.15, 0.2) is 12.7 Å². The lowest BCUT2D eigenvalue weighted by Crippen LogP contribution is -2.35. The first-order valence-corrected chi connectivity index (χ1v) is 17.1. The van der Waals surface area contributed by atoms with Gasteiger partial charge in [0.2, 0.25) is 5.91 Å². The molecule has 0 spiro atoms. The summed E-state index contributed by atoms with van der Waals surface area (Å²) in [6.45, 7) is 2.81. The number of hydrogen-bond donors (Lipinski definition) is 7. The highest BCUT2D eigenvalue weighted by Gasteiger charge is 2.50. The van der Waals surface area contributed by atoms with Crippen LogP contribution in [0.25, 0.3) is 11.2 Å². The highest BCUT2D eigenvalue weighted by molar-refractivity contribution is 7.61. The topological polar surface area (TPSA) is 314 Å². The van der Waals surface area contributed by atoms with Crippen molar-refractivity contribution in [3.8, 4) is 0 Å². The Morgan fingerprint density at radius 2 is 1.77 bits per heavy atom. The molecule has 2 aromatic rings. The predicted octanol–water partition coefficient (Wildman–Crippen LogP) is -0.0931. The summed E-state index contributed by atoms with van der Waals surface area (Å²) in [5.74, 6) is -0.627. The zero-order valence-corrected chi connectivity index (χ0v) is 26.2. The average molecular weight is 690 g/mol. The normalized spacial score (nSPS) is 23.7. The van der Waals surface area contributed by atoms with Crippen LogP contribution in [0.4, 0.5) is 5.82 Å². The van der Waals surface area contributed by atoms with Crippen LogP contribution in [0.3, 0.4) is 0 Å². The summed E-state index contributed by atoms with van der Waals surface area (Å²) in [5.41, 5.74) is 4.85. The number of fused-ring (bicyclic) bond motifs is 1. The van der Waals surface area contributed by atoms with Gasteiger partial charge in [0.05, 0.1) is 19.5 Å². The van der Waals surface area contributed by atoms with Crippen LogP contribution in [0.5, 0.6) is 0 Å². The first-order chi connectivity index (χ1) is 20.2. The molecule has 44 heavy (non-hydrogen) atoms. The second-order valence-electron chi connectivity index (χ2n) is 10.4. The molecule has 0 aliphatic carbocycles. The molecular weight excluding hydrogens is 657 g/mol. The minimum atomic E-state index is -5.44. The molecule has 6 unspecified atom stereocenters. The summed E-state index contributed by atoms with van der Waals surface area (Å²) >= 11 is 0. The van der Waals surface area contributed by atoms with Crippen molar-refractivity contribution in [1.82, 2.24) is 24.8 Å². The van der Waals surface area contributed by atoms with Gasteiger partial charge in [-0.05, 0) is 12.3 Å². The van der Waals surface area contributed by atoms with Crippen molar-refractivity contribution in [1.29, 1.82) is 0 Å². The number of aromatic nitrogens is 4. The summed E-state index contributed by atoms with van der Waals surface area (Å²) in [5, 5.41) is 13.3. The molecule has 21 nitrogen and oxygen atoms in total. The summed E-state index contributed by atoms with van der Waals surface area (Å²) in [4.78, 5) is 73.6. The van der Waals surface area contributed by atoms with Gasteiger partial charge < -0.3 is 40.5 Å². The van der Waals surface area contributed by atoms with E-state index in [0.717, 1.165) is 17.2 Å². The van der Waals surface area contributed by atoms with Crippen molar-refractivity contribution < 1.29 is 70.6 Å². The van der Waals surface area contributed by atoms with Crippen LogP contribution in [0, 0.1) is 5.41 Å². The van der Waals surface area contributed by atoms with E-state index in [1.165, 1.54) is 20.8 Å². The number of phosphoric ester groups is 3. The van der Waals surface area contributed by atoms with E-state index in [2.05, 4.69) is 29.1 Å². The quantitative estimate of drug-likeness (QED) is 0.113. The van der Waals surface area contributed by atoms with Gasteiger partial charge in [-0.2, -0.15) is 4.31 Å². The minimum Gasteiger partial charge on any atom is -0.386 e. The van der Waals surface area contributed by atoms with Crippen molar-refractivity contribution in [2.75, 3.05) is 25.5 Å². The molecule has 0 saturated carbocycles. The number of anilines is 1. The zero-order valence-electron chi connectivity index (χ0n) is 23.5. The van der Waals surface area contributed by atoms with E-state index >= 15 is 0 Å². The van der Waals surface area contributed by atoms with Gasteiger partial charge >= 0.3 is 23.5 Å². The monoisotopic (exact) mass is 690 g/mol. The van der Waals surface area contributed by atoms with E-state index in [9.17, 15) is 48.0 Å². The Balaban J connectivity index is 1.64. The number of aliphatic hydroxyl groups is 1.